The zero-order valence-electron chi connectivity index (χ0n) is 22.5. The maximum Gasteiger partial charge on any atom is 0.337 e. The molecule has 41 heavy (non-hydrogen) atoms. The number of pyridine rings is 1. The lowest BCUT2D eigenvalue weighted by Crippen LogP contribution is -2.24. The van der Waals surface area contributed by atoms with Gasteiger partial charge in [0.05, 0.1) is 38.2 Å². The van der Waals surface area contributed by atoms with Crippen LogP contribution < -0.4 is 10.1 Å². The SMILES string of the molecule is COC(=O)c1ccc(-c2ccc(OC)c(F)c2CNC(=O)c2cn(Cc3cn4cc(C5CC5)ccc4n3)nn2)cc1. The lowest BCUT2D eigenvalue weighted by Gasteiger charge is -2.14. The molecule has 6 rings (SSSR count). The number of carbonyl (C=O) groups excluding carboxylic acids is 2. The van der Waals surface area contributed by atoms with Crippen LogP contribution >= 0.6 is 0 Å². The first-order valence-corrected chi connectivity index (χ1v) is 13.1. The number of hydrogen-bond donors (Lipinski definition) is 1. The van der Waals surface area contributed by atoms with E-state index >= 15 is 4.39 Å². The minimum atomic E-state index is -0.595. The fourth-order valence-corrected chi connectivity index (χ4v) is 4.81. The van der Waals surface area contributed by atoms with Crippen LogP contribution in [0.3, 0.4) is 0 Å². The normalized spacial score (nSPS) is 12.9. The lowest BCUT2D eigenvalue weighted by molar-refractivity contribution is 0.0600. The Labute approximate surface area is 234 Å². The number of ether oxygens (including phenoxy) is 2. The molecule has 1 amide bonds. The van der Waals surface area contributed by atoms with Crippen LogP contribution in [-0.2, 0) is 17.8 Å². The van der Waals surface area contributed by atoms with Crippen molar-refractivity contribution in [2.24, 2.45) is 0 Å². The summed E-state index contributed by atoms with van der Waals surface area (Å²) in [6.45, 7) is 0.218. The van der Waals surface area contributed by atoms with Crippen molar-refractivity contribution in [2.45, 2.75) is 31.8 Å². The topological polar surface area (TPSA) is 113 Å². The number of rotatable bonds is 9. The van der Waals surface area contributed by atoms with Gasteiger partial charge in [-0.2, -0.15) is 0 Å². The van der Waals surface area contributed by atoms with Gasteiger partial charge in [0, 0.05) is 24.5 Å². The number of fused-ring (bicyclic) bond motifs is 1. The molecule has 1 aliphatic rings. The fourth-order valence-electron chi connectivity index (χ4n) is 4.81. The predicted molar refractivity (Wildman–Crippen MR) is 147 cm³/mol. The molecule has 1 fully saturated rings. The summed E-state index contributed by atoms with van der Waals surface area (Å²) in [7, 11) is 2.68. The quantitative estimate of drug-likeness (QED) is 0.269. The minimum Gasteiger partial charge on any atom is -0.494 e. The minimum absolute atomic E-state index is 0.0480. The Hall–Kier alpha value is -5.06. The van der Waals surface area contributed by atoms with Crippen LogP contribution in [0.2, 0.25) is 0 Å². The summed E-state index contributed by atoms with van der Waals surface area (Å²) in [6.07, 6.45) is 8.06. The summed E-state index contributed by atoms with van der Waals surface area (Å²) in [5.74, 6) is -0.874. The van der Waals surface area contributed by atoms with Gasteiger partial charge in [-0.15, -0.1) is 5.10 Å². The Morgan fingerprint density at radius 2 is 1.83 bits per heavy atom. The van der Waals surface area contributed by atoms with Gasteiger partial charge in [0.25, 0.3) is 5.91 Å². The van der Waals surface area contributed by atoms with Gasteiger partial charge in [-0.1, -0.05) is 29.5 Å². The van der Waals surface area contributed by atoms with Crippen molar-refractivity contribution in [1.29, 1.82) is 0 Å². The molecule has 2 aromatic carbocycles. The van der Waals surface area contributed by atoms with Crippen molar-refractivity contribution in [3.8, 4) is 16.9 Å². The van der Waals surface area contributed by atoms with Gasteiger partial charge < -0.3 is 19.2 Å². The number of amides is 1. The van der Waals surface area contributed by atoms with Crippen LogP contribution in [0, 0.1) is 5.82 Å². The van der Waals surface area contributed by atoms with E-state index in [2.05, 4.69) is 32.9 Å². The van der Waals surface area contributed by atoms with E-state index in [1.54, 1.807) is 35.0 Å². The monoisotopic (exact) mass is 554 g/mol. The highest BCUT2D eigenvalue weighted by atomic mass is 19.1. The Morgan fingerprint density at radius 3 is 2.56 bits per heavy atom. The Balaban J connectivity index is 1.17. The molecule has 1 aliphatic carbocycles. The van der Waals surface area contributed by atoms with Crippen molar-refractivity contribution in [3.05, 3.63) is 101 Å². The van der Waals surface area contributed by atoms with E-state index in [9.17, 15) is 9.59 Å². The fraction of sp³-hybridized carbons (Fsp3) is 0.233. The van der Waals surface area contributed by atoms with Crippen molar-refractivity contribution < 1.29 is 23.5 Å². The summed E-state index contributed by atoms with van der Waals surface area (Å²) >= 11 is 0. The molecule has 10 nitrogen and oxygen atoms in total. The maximum absolute atomic E-state index is 15.3. The number of aromatic nitrogens is 5. The largest absolute Gasteiger partial charge is 0.494 e. The summed E-state index contributed by atoms with van der Waals surface area (Å²) < 4.78 is 28.8. The highest BCUT2D eigenvalue weighted by molar-refractivity contribution is 5.92. The van der Waals surface area contributed by atoms with Gasteiger partial charge in [0.15, 0.2) is 17.3 Å². The highest BCUT2D eigenvalue weighted by Crippen LogP contribution is 2.40. The molecule has 0 radical (unpaired) electrons. The molecule has 1 saturated carbocycles. The average molecular weight is 555 g/mol. The van der Waals surface area contributed by atoms with Crippen molar-refractivity contribution >= 4 is 17.5 Å². The number of nitrogens with one attached hydrogen (secondary N) is 1. The number of imidazole rings is 1. The molecule has 0 bridgehead atoms. The number of halogens is 1. The molecule has 1 N–H and O–H groups in total. The molecule has 3 aromatic heterocycles. The maximum atomic E-state index is 15.3. The van der Waals surface area contributed by atoms with E-state index in [0.717, 1.165) is 11.3 Å². The molecule has 0 spiro atoms. The zero-order chi connectivity index (χ0) is 28.5. The van der Waals surface area contributed by atoms with E-state index in [4.69, 9.17) is 9.47 Å². The van der Waals surface area contributed by atoms with E-state index in [1.165, 1.54) is 44.9 Å². The summed E-state index contributed by atoms with van der Waals surface area (Å²) in [4.78, 5) is 29.4. The van der Waals surface area contributed by atoms with Crippen molar-refractivity contribution in [1.82, 2.24) is 29.7 Å². The molecule has 3 heterocycles. The second-order valence-electron chi connectivity index (χ2n) is 9.90. The second-order valence-corrected chi connectivity index (χ2v) is 9.90. The molecule has 5 aromatic rings. The van der Waals surface area contributed by atoms with Crippen LogP contribution in [0.1, 0.15) is 56.4 Å². The summed E-state index contributed by atoms with van der Waals surface area (Å²) in [6, 6.07) is 13.9. The zero-order valence-corrected chi connectivity index (χ0v) is 22.5. The highest BCUT2D eigenvalue weighted by Gasteiger charge is 2.24. The second kappa shape index (κ2) is 10.8. The number of methoxy groups -OCH3 is 2. The molecular weight excluding hydrogens is 527 g/mol. The molecule has 0 saturated heterocycles. The van der Waals surface area contributed by atoms with Crippen LogP contribution in [0.15, 0.2) is 67.1 Å². The number of nitrogens with zero attached hydrogens (tertiary/aromatic N) is 5. The van der Waals surface area contributed by atoms with Gasteiger partial charge in [-0.3, -0.25) is 4.79 Å². The summed E-state index contributed by atoms with van der Waals surface area (Å²) in [5.41, 5.74) is 4.84. The lowest BCUT2D eigenvalue weighted by atomic mass is 9.97. The Kier molecular flexibility index (Phi) is 6.92. The third-order valence-corrected chi connectivity index (χ3v) is 7.14. The Morgan fingerprint density at radius 1 is 1.02 bits per heavy atom. The number of hydrogen-bond acceptors (Lipinski definition) is 7. The predicted octanol–water partition coefficient (Wildman–Crippen LogP) is 4.38. The van der Waals surface area contributed by atoms with Crippen molar-refractivity contribution in [3.63, 3.8) is 0 Å². The number of carbonyl (C=O) groups is 2. The third kappa shape index (κ3) is 5.38. The first-order valence-electron chi connectivity index (χ1n) is 13.1. The number of esters is 1. The van der Waals surface area contributed by atoms with Gasteiger partial charge in [0.2, 0.25) is 0 Å². The van der Waals surface area contributed by atoms with E-state index in [0.29, 0.717) is 29.2 Å². The van der Waals surface area contributed by atoms with Crippen LogP contribution in [-0.4, -0.2) is 50.5 Å². The van der Waals surface area contributed by atoms with Crippen LogP contribution in [0.25, 0.3) is 16.8 Å². The van der Waals surface area contributed by atoms with Gasteiger partial charge in [0.1, 0.15) is 5.65 Å². The Bertz CT molecular complexity index is 1760. The van der Waals surface area contributed by atoms with E-state index < -0.39 is 17.7 Å². The van der Waals surface area contributed by atoms with E-state index in [-0.39, 0.29) is 23.6 Å². The molecular formula is C30H27FN6O4. The molecule has 0 aliphatic heterocycles. The standard InChI is InChI=1S/C30H27FN6O4/c1-40-26-11-10-23(19-5-7-20(8-6-19)30(39)41-2)24(28(26)31)13-32-29(38)25-17-37(35-34-25)16-22-15-36-14-21(18-3-4-18)9-12-27(36)33-22/h5-12,14-15,17-18H,3-4,13,16H2,1-2H3,(H,32,38). The molecule has 208 valence electrons. The van der Waals surface area contributed by atoms with Crippen molar-refractivity contribution in [2.75, 3.05) is 14.2 Å². The molecule has 0 atom stereocenters. The third-order valence-electron chi connectivity index (χ3n) is 7.14. The summed E-state index contributed by atoms with van der Waals surface area (Å²) in [5, 5.41) is 10.8. The first-order chi connectivity index (χ1) is 19.9. The smallest absolute Gasteiger partial charge is 0.337 e. The molecule has 11 heteroatoms. The van der Waals surface area contributed by atoms with Crippen LogP contribution in [0.5, 0.6) is 5.75 Å². The average Bonchev–Trinajstić information content (AvgIpc) is 3.61. The van der Waals surface area contributed by atoms with E-state index in [1.807, 2.05) is 16.7 Å². The van der Waals surface area contributed by atoms with Gasteiger partial charge in [-0.05, 0) is 59.7 Å². The number of benzene rings is 2. The van der Waals surface area contributed by atoms with Crippen LogP contribution in [0.4, 0.5) is 4.39 Å². The molecule has 0 unspecified atom stereocenters. The van der Waals surface area contributed by atoms with Gasteiger partial charge >= 0.3 is 5.97 Å². The first kappa shape index (κ1) is 26.2. The van der Waals surface area contributed by atoms with Gasteiger partial charge in [-0.25, -0.2) is 18.9 Å².